The van der Waals surface area contributed by atoms with Gasteiger partial charge in [-0.2, -0.15) is 0 Å². The maximum atomic E-state index is 15.2. The lowest BCUT2D eigenvalue weighted by molar-refractivity contribution is -0.147. The molecule has 1 aromatic carbocycles. The predicted octanol–water partition coefficient (Wildman–Crippen LogP) is 3.17. The smallest absolute Gasteiger partial charge is 0.343 e. The number of rotatable bonds is 6. The van der Waals surface area contributed by atoms with Gasteiger partial charge >= 0.3 is 11.9 Å². The van der Waals surface area contributed by atoms with Crippen molar-refractivity contribution >= 4 is 22.8 Å². The van der Waals surface area contributed by atoms with Crippen molar-refractivity contribution in [1.82, 2.24) is 4.57 Å². The van der Waals surface area contributed by atoms with E-state index in [0.717, 1.165) is 18.9 Å². The number of carboxylic acids is 1. The van der Waals surface area contributed by atoms with Gasteiger partial charge in [0.1, 0.15) is 11.4 Å². The zero-order valence-corrected chi connectivity index (χ0v) is 16.3. The highest BCUT2D eigenvalue weighted by Gasteiger charge is 2.50. The summed E-state index contributed by atoms with van der Waals surface area (Å²) in [5, 5.41) is 9.81. The average molecular weight is 403 g/mol. The number of aliphatic carboxylic acids is 1. The molecule has 7 nitrogen and oxygen atoms in total. The van der Waals surface area contributed by atoms with Gasteiger partial charge in [0.15, 0.2) is 5.75 Å². The molecule has 0 saturated heterocycles. The number of fused-ring (bicyclic) bond motifs is 1. The maximum Gasteiger partial charge on any atom is 0.343 e. The lowest BCUT2D eigenvalue weighted by Gasteiger charge is -2.39. The Kier molecular flexibility index (Phi) is 4.59. The zero-order chi connectivity index (χ0) is 20.9. The van der Waals surface area contributed by atoms with Crippen LogP contribution >= 0.6 is 0 Å². The third kappa shape index (κ3) is 2.81. The number of hydrogen-bond acceptors (Lipinski definition) is 5. The Morgan fingerprint density at radius 2 is 2.03 bits per heavy atom. The highest BCUT2D eigenvalue weighted by atomic mass is 19.1. The maximum absolute atomic E-state index is 15.2. The van der Waals surface area contributed by atoms with Crippen molar-refractivity contribution < 1.29 is 28.6 Å². The van der Waals surface area contributed by atoms with E-state index in [0.29, 0.717) is 24.8 Å². The van der Waals surface area contributed by atoms with E-state index >= 15 is 4.39 Å². The van der Waals surface area contributed by atoms with Crippen LogP contribution in [0.1, 0.15) is 61.0 Å². The van der Waals surface area contributed by atoms with Gasteiger partial charge < -0.3 is 19.1 Å². The minimum Gasteiger partial charge on any atom is -0.494 e. The molecule has 2 fully saturated rings. The van der Waals surface area contributed by atoms with Crippen molar-refractivity contribution in [1.29, 1.82) is 0 Å². The first-order chi connectivity index (χ1) is 13.9. The van der Waals surface area contributed by atoms with Crippen molar-refractivity contribution in [2.45, 2.75) is 50.5 Å². The second-order valence-electron chi connectivity index (χ2n) is 7.63. The van der Waals surface area contributed by atoms with Gasteiger partial charge in [-0.05, 0) is 38.7 Å². The molecule has 0 spiro atoms. The molecular formula is C21H22FNO6. The van der Waals surface area contributed by atoms with Crippen LogP contribution in [0.15, 0.2) is 17.1 Å². The summed E-state index contributed by atoms with van der Waals surface area (Å²) in [4.78, 5) is 37.3. The van der Waals surface area contributed by atoms with E-state index in [1.165, 1.54) is 13.3 Å². The highest BCUT2D eigenvalue weighted by Crippen LogP contribution is 2.51. The number of carbonyl (C=O) groups excluding carboxylic acids is 1. The number of ether oxygens (including phenoxy) is 2. The molecule has 1 aromatic heterocycles. The zero-order valence-electron chi connectivity index (χ0n) is 16.3. The number of halogens is 1. The number of esters is 1. The molecule has 2 aromatic rings. The molecule has 4 rings (SSSR count). The number of benzene rings is 1. The van der Waals surface area contributed by atoms with Crippen LogP contribution in [0.5, 0.6) is 5.75 Å². The Labute approximate surface area is 166 Å². The molecule has 2 saturated carbocycles. The van der Waals surface area contributed by atoms with E-state index in [2.05, 4.69) is 0 Å². The Morgan fingerprint density at radius 3 is 2.52 bits per heavy atom. The quantitative estimate of drug-likeness (QED) is 0.745. The fraction of sp³-hybridized carbons (Fsp3) is 0.476. The van der Waals surface area contributed by atoms with Gasteiger partial charge in [-0.15, -0.1) is 0 Å². The SMILES string of the molecule is CCOC(=O)c1cn(C2CC2)c2c(OC)c(C3(C(=O)O)CCC3)c(F)cc2c1=O. The Morgan fingerprint density at radius 1 is 1.34 bits per heavy atom. The van der Waals surface area contributed by atoms with Gasteiger partial charge in [0.25, 0.3) is 0 Å². The fourth-order valence-electron chi connectivity index (χ4n) is 4.19. The molecule has 0 radical (unpaired) electrons. The molecule has 0 unspecified atom stereocenters. The van der Waals surface area contributed by atoms with E-state index in [9.17, 15) is 19.5 Å². The summed E-state index contributed by atoms with van der Waals surface area (Å²) in [5.74, 6) is -2.62. The molecule has 1 N–H and O–H groups in total. The average Bonchev–Trinajstić information content (AvgIpc) is 3.47. The minimum absolute atomic E-state index is 0.0135. The van der Waals surface area contributed by atoms with Crippen molar-refractivity contribution in [3.63, 3.8) is 0 Å². The molecule has 154 valence electrons. The van der Waals surface area contributed by atoms with Gasteiger partial charge in [-0.1, -0.05) is 6.42 Å². The lowest BCUT2D eigenvalue weighted by Crippen LogP contribution is -2.43. The van der Waals surface area contributed by atoms with Crippen molar-refractivity contribution in [2.75, 3.05) is 13.7 Å². The number of carbonyl (C=O) groups is 2. The predicted molar refractivity (Wildman–Crippen MR) is 102 cm³/mol. The van der Waals surface area contributed by atoms with Gasteiger partial charge in [-0.3, -0.25) is 9.59 Å². The Balaban J connectivity index is 2.08. The molecule has 0 bridgehead atoms. The van der Waals surface area contributed by atoms with Crippen LogP contribution in [0.4, 0.5) is 4.39 Å². The van der Waals surface area contributed by atoms with Gasteiger partial charge in [0, 0.05) is 17.8 Å². The van der Waals surface area contributed by atoms with E-state index in [1.807, 2.05) is 0 Å². The van der Waals surface area contributed by atoms with E-state index in [1.54, 1.807) is 11.5 Å². The number of carboxylic acid groups (broad SMARTS) is 1. The third-order valence-electron chi connectivity index (χ3n) is 5.96. The number of hydrogen-bond donors (Lipinski definition) is 1. The summed E-state index contributed by atoms with van der Waals surface area (Å²) in [7, 11) is 1.34. The topological polar surface area (TPSA) is 94.8 Å². The number of methoxy groups -OCH3 is 1. The van der Waals surface area contributed by atoms with Crippen LogP contribution in [0.25, 0.3) is 10.9 Å². The molecule has 2 aliphatic carbocycles. The van der Waals surface area contributed by atoms with Crippen LogP contribution in [0, 0.1) is 5.82 Å². The monoisotopic (exact) mass is 403 g/mol. The molecule has 0 amide bonds. The molecule has 0 aliphatic heterocycles. The van der Waals surface area contributed by atoms with Crippen molar-refractivity contribution in [3.05, 3.63) is 39.4 Å². The number of aromatic nitrogens is 1. The molecule has 1 heterocycles. The molecule has 0 atom stereocenters. The standard InChI is InChI=1S/C21H22FNO6/c1-3-29-19(25)13-10-23(11-5-6-11)16-12(17(13)24)9-14(22)15(18(16)28-2)21(20(26)27)7-4-8-21/h9-11H,3-8H2,1-2H3,(H,26,27). The molecule has 8 heteroatoms. The summed E-state index contributed by atoms with van der Waals surface area (Å²) in [6.45, 7) is 1.74. The molecule has 2 aliphatic rings. The Bertz CT molecular complexity index is 1080. The fourth-order valence-corrected chi connectivity index (χ4v) is 4.19. The van der Waals surface area contributed by atoms with E-state index < -0.39 is 28.6 Å². The largest absolute Gasteiger partial charge is 0.494 e. The highest BCUT2D eigenvalue weighted by molar-refractivity contribution is 5.97. The van der Waals surface area contributed by atoms with Crippen LogP contribution in [0.3, 0.4) is 0 Å². The van der Waals surface area contributed by atoms with Crippen molar-refractivity contribution in [2.24, 2.45) is 0 Å². The molecule has 29 heavy (non-hydrogen) atoms. The first kappa shape index (κ1) is 19.4. The van der Waals surface area contributed by atoms with Crippen LogP contribution in [-0.4, -0.2) is 35.3 Å². The van der Waals surface area contributed by atoms with E-state index in [4.69, 9.17) is 9.47 Å². The summed E-state index contributed by atoms with van der Waals surface area (Å²) in [6.07, 6.45) is 4.37. The van der Waals surface area contributed by atoms with Gasteiger partial charge in [0.2, 0.25) is 5.43 Å². The second kappa shape index (κ2) is 6.86. The number of nitrogens with zero attached hydrogens (tertiary/aromatic N) is 1. The van der Waals surface area contributed by atoms with Crippen LogP contribution in [0.2, 0.25) is 0 Å². The summed E-state index contributed by atoms with van der Waals surface area (Å²) in [5.41, 5.74) is -1.89. The minimum atomic E-state index is -1.37. The third-order valence-corrected chi connectivity index (χ3v) is 5.96. The van der Waals surface area contributed by atoms with Gasteiger partial charge in [0.05, 0.1) is 30.0 Å². The Hall–Kier alpha value is -2.90. The molecular weight excluding hydrogens is 381 g/mol. The van der Waals surface area contributed by atoms with Crippen LogP contribution < -0.4 is 10.2 Å². The normalized spacial score (nSPS) is 17.6. The lowest BCUT2D eigenvalue weighted by atomic mass is 9.64. The van der Waals surface area contributed by atoms with E-state index in [-0.39, 0.29) is 34.9 Å². The van der Waals surface area contributed by atoms with Crippen molar-refractivity contribution in [3.8, 4) is 5.75 Å². The van der Waals surface area contributed by atoms with Gasteiger partial charge in [-0.25, -0.2) is 9.18 Å². The first-order valence-electron chi connectivity index (χ1n) is 9.72. The summed E-state index contributed by atoms with van der Waals surface area (Å²) < 4.78 is 27.5. The first-order valence-corrected chi connectivity index (χ1v) is 9.72. The summed E-state index contributed by atoms with van der Waals surface area (Å²) >= 11 is 0. The number of pyridine rings is 1. The van der Waals surface area contributed by atoms with Crippen LogP contribution in [-0.2, 0) is 14.9 Å². The second-order valence-corrected chi connectivity index (χ2v) is 7.63. The summed E-state index contributed by atoms with van der Waals surface area (Å²) in [6, 6.07) is 1.07.